The zero-order chi connectivity index (χ0) is 10.7. The highest BCUT2D eigenvalue weighted by Gasteiger charge is 2.05. The number of rotatable bonds is 2. The monoisotopic (exact) mass is 263 g/mol. The predicted octanol–water partition coefficient (Wildman–Crippen LogP) is 3.52. The molecule has 15 heavy (non-hydrogen) atoms. The first-order valence-electron chi connectivity index (χ1n) is 4.55. The van der Waals surface area contributed by atoms with Gasteiger partial charge < -0.3 is 4.74 Å². The van der Waals surface area contributed by atoms with Crippen molar-refractivity contribution >= 4 is 15.9 Å². The third-order valence-corrected chi connectivity index (χ3v) is 2.65. The molecule has 0 radical (unpaired) electrons. The van der Waals surface area contributed by atoms with Gasteiger partial charge in [-0.1, -0.05) is 15.9 Å². The van der Waals surface area contributed by atoms with E-state index < -0.39 is 0 Å². The number of hydrogen-bond donors (Lipinski definition) is 0. The molecule has 0 atom stereocenters. The summed E-state index contributed by atoms with van der Waals surface area (Å²) < 4.78 is 6.34. The second kappa shape index (κ2) is 4.45. The molecule has 1 aromatic heterocycles. The van der Waals surface area contributed by atoms with E-state index in [0.29, 0.717) is 0 Å². The van der Waals surface area contributed by atoms with E-state index in [1.165, 1.54) is 0 Å². The maximum absolute atomic E-state index is 5.33. The molecule has 0 fully saturated rings. The van der Waals surface area contributed by atoms with Crippen LogP contribution in [0.3, 0.4) is 0 Å². The third kappa shape index (κ3) is 2.18. The van der Waals surface area contributed by atoms with Crippen LogP contribution in [0.1, 0.15) is 0 Å². The molecule has 0 aliphatic heterocycles. The quantitative estimate of drug-likeness (QED) is 0.827. The normalized spacial score (nSPS) is 10.0. The largest absolute Gasteiger partial charge is 0.496 e. The standard InChI is InChI=1S/C12H10BrNO/c1-15-12-8-10(13)2-3-11(12)9-4-6-14-7-5-9/h2-8H,1H3. The molecular formula is C12H10BrNO. The number of pyridine rings is 1. The van der Waals surface area contributed by atoms with E-state index in [1.807, 2.05) is 30.3 Å². The Morgan fingerprint density at radius 3 is 2.53 bits per heavy atom. The van der Waals surface area contributed by atoms with Crippen LogP contribution in [-0.2, 0) is 0 Å². The number of benzene rings is 1. The number of ether oxygens (including phenoxy) is 1. The Morgan fingerprint density at radius 2 is 1.87 bits per heavy atom. The molecule has 0 amide bonds. The molecule has 2 aromatic rings. The molecule has 76 valence electrons. The van der Waals surface area contributed by atoms with Gasteiger partial charge in [0.05, 0.1) is 7.11 Å². The highest BCUT2D eigenvalue weighted by atomic mass is 79.9. The van der Waals surface area contributed by atoms with Crippen LogP contribution in [-0.4, -0.2) is 12.1 Å². The van der Waals surface area contributed by atoms with E-state index in [9.17, 15) is 0 Å². The van der Waals surface area contributed by atoms with Gasteiger partial charge in [0.25, 0.3) is 0 Å². The third-order valence-electron chi connectivity index (χ3n) is 2.15. The van der Waals surface area contributed by atoms with Crippen LogP contribution in [0.25, 0.3) is 11.1 Å². The van der Waals surface area contributed by atoms with Crippen molar-refractivity contribution in [2.24, 2.45) is 0 Å². The van der Waals surface area contributed by atoms with E-state index in [1.54, 1.807) is 19.5 Å². The van der Waals surface area contributed by atoms with Crippen molar-refractivity contribution in [1.29, 1.82) is 0 Å². The second-order valence-corrected chi connectivity index (χ2v) is 4.00. The van der Waals surface area contributed by atoms with Crippen molar-refractivity contribution in [3.05, 3.63) is 47.2 Å². The van der Waals surface area contributed by atoms with Gasteiger partial charge in [0, 0.05) is 22.4 Å². The van der Waals surface area contributed by atoms with E-state index in [-0.39, 0.29) is 0 Å². The molecule has 1 heterocycles. The van der Waals surface area contributed by atoms with Gasteiger partial charge in [0.2, 0.25) is 0 Å². The van der Waals surface area contributed by atoms with Gasteiger partial charge in [-0.15, -0.1) is 0 Å². The molecule has 2 rings (SSSR count). The lowest BCUT2D eigenvalue weighted by atomic mass is 10.1. The molecule has 0 saturated heterocycles. The van der Waals surface area contributed by atoms with E-state index in [2.05, 4.69) is 20.9 Å². The van der Waals surface area contributed by atoms with Crippen LogP contribution in [0.2, 0.25) is 0 Å². The summed E-state index contributed by atoms with van der Waals surface area (Å²) in [6.07, 6.45) is 3.55. The minimum absolute atomic E-state index is 0.857. The van der Waals surface area contributed by atoms with E-state index in [0.717, 1.165) is 21.3 Å². The highest BCUT2D eigenvalue weighted by molar-refractivity contribution is 9.10. The van der Waals surface area contributed by atoms with Crippen LogP contribution < -0.4 is 4.74 Å². The topological polar surface area (TPSA) is 22.1 Å². The van der Waals surface area contributed by atoms with Crippen molar-refractivity contribution < 1.29 is 4.74 Å². The minimum Gasteiger partial charge on any atom is -0.496 e. The van der Waals surface area contributed by atoms with Crippen LogP contribution >= 0.6 is 15.9 Å². The van der Waals surface area contributed by atoms with E-state index in [4.69, 9.17) is 4.74 Å². The fourth-order valence-electron chi connectivity index (χ4n) is 1.44. The molecule has 0 bridgehead atoms. The van der Waals surface area contributed by atoms with Gasteiger partial charge in [0.15, 0.2) is 0 Å². The summed E-state index contributed by atoms with van der Waals surface area (Å²) in [7, 11) is 1.67. The van der Waals surface area contributed by atoms with Crippen molar-refractivity contribution in [3.8, 4) is 16.9 Å². The molecule has 3 heteroatoms. The highest BCUT2D eigenvalue weighted by Crippen LogP contribution is 2.31. The first-order valence-corrected chi connectivity index (χ1v) is 5.34. The lowest BCUT2D eigenvalue weighted by molar-refractivity contribution is 0.416. The fraction of sp³-hybridized carbons (Fsp3) is 0.0833. The van der Waals surface area contributed by atoms with Crippen LogP contribution in [0.5, 0.6) is 5.75 Å². The van der Waals surface area contributed by atoms with Gasteiger partial charge >= 0.3 is 0 Å². The Balaban J connectivity index is 2.53. The summed E-state index contributed by atoms with van der Waals surface area (Å²) in [5.74, 6) is 0.857. The Labute approximate surface area is 97.1 Å². The van der Waals surface area contributed by atoms with Gasteiger partial charge in [-0.3, -0.25) is 4.98 Å². The number of halogens is 1. The van der Waals surface area contributed by atoms with Gasteiger partial charge in [0.1, 0.15) is 5.75 Å². The van der Waals surface area contributed by atoms with Crippen LogP contribution in [0.15, 0.2) is 47.2 Å². The first-order chi connectivity index (χ1) is 7.31. The average molecular weight is 264 g/mol. The predicted molar refractivity (Wildman–Crippen MR) is 63.9 cm³/mol. The van der Waals surface area contributed by atoms with Gasteiger partial charge in [-0.25, -0.2) is 0 Å². The number of methoxy groups -OCH3 is 1. The fourth-order valence-corrected chi connectivity index (χ4v) is 1.78. The smallest absolute Gasteiger partial charge is 0.127 e. The summed E-state index contributed by atoms with van der Waals surface area (Å²) in [5, 5.41) is 0. The van der Waals surface area contributed by atoms with Crippen molar-refractivity contribution in [2.45, 2.75) is 0 Å². The zero-order valence-corrected chi connectivity index (χ0v) is 9.86. The maximum Gasteiger partial charge on any atom is 0.127 e. The Kier molecular flexibility index (Phi) is 3.02. The zero-order valence-electron chi connectivity index (χ0n) is 8.27. The molecule has 0 spiro atoms. The molecular weight excluding hydrogens is 254 g/mol. The Morgan fingerprint density at radius 1 is 1.13 bits per heavy atom. The lowest BCUT2D eigenvalue weighted by Crippen LogP contribution is -1.87. The molecule has 0 unspecified atom stereocenters. The summed E-state index contributed by atoms with van der Waals surface area (Å²) >= 11 is 3.42. The molecule has 0 N–H and O–H groups in total. The van der Waals surface area contributed by atoms with Crippen molar-refractivity contribution in [2.75, 3.05) is 7.11 Å². The number of hydrogen-bond acceptors (Lipinski definition) is 2. The SMILES string of the molecule is COc1cc(Br)ccc1-c1ccncc1. The summed E-state index contributed by atoms with van der Waals surface area (Å²) in [6.45, 7) is 0. The summed E-state index contributed by atoms with van der Waals surface area (Å²) in [6, 6.07) is 9.91. The second-order valence-electron chi connectivity index (χ2n) is 3.08. The summed E-state index contributed by atoms with van der Waals surface area (Å²) in [4.78, 5) is 3.99. The molecule has 0 aliphatic carbocycles. The average Bonchev–Trinajstić information content (AvgIpc) is 2.30. The summed E-state index contributed by atoms with van der Waals surface area (Å²) in [5.41, 5.74) is 2.18. The molecule has 0 aliphatic rings. The lowest BCUT2D eigenvalue weighted by Gasteiger charge is -2.08. The van der Waals surface area contributed by atoms with Crippen molar-refractivity contribution in [3.63, 3.8) is 0 Å². The molecule has 1 aromatic carbocycles. The maximum atomic E-state index is 5.33. The first kappa shape index (κ1) is 10.2. The van der Waals surface area contributed by atoms with Gasteiger partial charge in [-0.2, -0.15) is 0 Å². The van der Waals surface area contributed by atoms with Crippen LogP contribution in [0.4, 0.5) is 0 Å². The number of nitrogens with zero attached hydrogens (tertiary/aromatic N) is 1. The van der Waals surface area contributed by atoms with Crippen molar-refractivity contribution in [1.82, 2.24) is 4.98 Å². The van der Waals surface area contributed by atoms with E-state index >= 15 is 0 Å². The Hall–Kier alpha value is -1.35. The minimum atomic E-state index is 0.857. The number of aromatic nitrogens is 1. The molecule has 0 saturated carbocycles. The Bertz CT molecular complexity index is 456. The van der Waals surface area contributed by atoms with Crippen LogP contribution in [0, 0.1) is 0 Å². The molecule has 2 nitrogen and oxygen atoms in total. The van der Waals surface area contributed by atoms with Gasteiger partial charge in [-0.05, 0) is 35.9 Å².